The number of hydrogen-bond donors (Lipinski definition) is 0. The molecule has 0 atom stereocenters. The van der Waals surface area contributed by atoms with E-state index in [-0.39, 0.29) is 5.03 Å². The molecule has 0 aromatic heterocycles. The summed E-state index contributed by atoms with van der Waals surface area (Å²) in [6.45, 7) is 3.10. The molecular weight excluding hydrogens is 134 g/mol. The average Bonchev–Trinajstić information content (AvgIpc) is 1.64. The first-order chi connectivity index (χ1) is 3.55. The van der Waals surface area contributed by atoms with Gasteiger partial charge in [-0.3, -0.25) is 0 Å². The minimum Gasteiger partial charge on any atom is -0.204 e. The predicted octanol–water partition coefficient (Wildman–Crippen LogP) is 2.78. The fraction of sp³-hybridized carbons (Fsp3) is 0.600. The Labute approximate surface area is 52.1 Å². The lowest BCUT2D eigenvalue weighted by molar-refractivity contribution is 0.197. The molecule has 48 valence electrons. The van der Waals surface area contributed by atoms with Gasteiger partial charge in [0.05, 0.1) is 5.03 Å². The Morgan fingerprint density at radius 3 is 1.75 bits per heavy atom. The molecule has 0 aromatic carbocycles. The molecule has 0 aliphatic heterocycles. The lowest BCUT2D eigenvalue weighted by Gasteiger charge is -1.95. The molecule has 0 saturated heterocycles. The van der Waals surface area contributed by atoms with Crippen molar-refractivity contribution in [1.29, 1.82) is 0 Å². The van der Waals surface area contributed by atoms with Crippen LogP contribution in [0.4, 0.5) is 8.78 Å². The van der Waals surface area contributed by atoms with Crippen molar-refractivity contribution in [2.45, 2.75) is 20.3 Å². The van der Waals surface area contributed by atoms with Crippen molar-refractivity contribution in [2.75, 3.05) is 0 Å². The summed E-state index contributed by atoms with van der Waals surface area (Å²) in [5.74, 6) is 0. The number of rotatable bonds is 1. The zero-order chi connectivity index (χ0) is 6.73. The first kappa shape index (κ1) is 7.89. The molecule has 0 rings (SSSR count). The van der Waals surface area contributed by atoms with Crippen LogP contribution >= 0.6 is 11.6 Å². The van der Waals surface area contributed by atoms with Crippen molar-refractivity contribution < 1.29 is 8.78 Å². The molecule has 8 heavy (non-hydrogen) atoms. The molecule has 0 radical (unpaired) electrons. The van der Waals surface area contributed by atoms with Gasteiger partial charge in [0.25, 0.3) is 6.43 Å². The Bertz CT molecular complexity index is 103. The maximum Gasteiger partial charge on any atom is 0.274 e. The Hall–Kier alpha value is -0.110. The normalized spacial score (nSPS) is 9.75. The highest BCUT2D eigenvalue weighted by Crippen LogP contribution is 2.16. The van der Waals surface area contributed by atoms with Crippen LogP contribution in [0.1, 0.15) is 13.8 Å². The van der Waals surface area contributed by atoms with Gasteiger partial charge in [-0.25, -0.2) is 8.78 Å². The molecule has 0 aliphatic rings. The highest BCUT2D eigenvalue weighted by Gasteiger charge is 2.07. The Kier molecular flexibility index (Phi) is 2.98. The summed E-state index contributed by atoms with van der Waals surface area (Å²) in [5, 5.41) is -0.343. The molecular formula is C5H7ClF2. The van der Waals surface area contributed by atoms with E-state index < -0.39 is 6.43 Å². The van der Waals surface area contributed by atoms with E-state index in [9.17, 15) is 8.78 Å². The molecule has 3 heteroatoms. The Morgan fingerprint density at radius 2 is 1.75 bits per heavy atom. The lowest BCUT2D eigenvalue weighted by atomic mass is 10.3. The van der Waals surface area contributed by atoms with E-state index in [2.05, 4.69) is 0 Å². The fourth-order valence-electron chi connectivity index (χ4n) is 0.218. The van der Waals surface area contributed by atoms with E-state index in [0.29, 0.717) is 5.57 Å². The first-order valence-electron chi connectivity index (χ1n) is 2.16. The van der Waals surface area contributed by atoms with Crippen molar-refractivity contribution >= 4 is 11.6 Å². The highest BCUT2D eigenvalue weighted by molar-refractivity contribution is 6.30. The van der Waals surface area contributed by atoms with Gasteiger partial charge >= 0.3 is 0 Å². The topological polar surface area (TPSA) is 0 Å². The van der Waals surface area contributed by atoms with Crippen LogP contribution < -0.4 is 0 Å². The van der Waals surface area contributed by atoms with Crippen LogP contribution in [0, 0.1) is 0 Å². The monoisotopic (exact) mass is 140 g/mol. The van der Waals surface area contributed by atoms with Crippen molar-refractivity contribution in [2.24, 2.45) is 0 Å². The van der Waals surface area contributed by atoms with Crippen LogP contribution in [0.2, 0.25) is 0 Å². The van der Waals surface area contributed by atoms with Gasteiger partial charge in [0.1, 0.15) is 0 Å². The van der Waals surface area contributed by atoms with Gasteiger partial charge < -0.3 is 0 Å². The van der Waals surface area contributed by atoms with E-state index in [1.807, 2.05) is 0 Å². The molecule has 0 fully saturated rings. The predicted molar refractivity (Wildman–Crippen MR) is 30.2 cm³/mol. The van der Waals surface area contributed by atoms with Crippen LogP contribution in [0.25, 0.3) is 0 Å². The summed E-state index contributed by atoms with van der Waals surface area (Å²) in [4.78, 5) is 0. The smallest absolute Gasteiger partial charge is 0.204 e. The van der Waals surface area contributed by atoms with E-state index >= 15 is 0 Å². The molecule has 0 saturated carbocycles. The van der Waals surface area contributed by atoms with Gasteiger partial charge in [0, 0.05) is 0 Å². The molecule has 0 nitrogen and oxygen atoms in total. The van der Waals surface area contributed by atoms with Crippen molar-refractivity contribution in [3.63, 3.8) is 0 Å². The maximum atomic E-state index is 11.5. The van der Waals surface area contributed by atoms with Gasteiger partial charge in [0.15, 0.2) is 0 Å². The quantitative estimate of drug-likeness (QED) is 0.526. The molecule has 0 aliphatic carbocycles. The standard InChI is InChI=1S/C5H7ClF2/c1-3(2)4(6)5(7)8/h5H,1-2H3. The minimum absolute atomic E-state index is 0.343. The third-order valence-electron chi connectivity index (χ3n) is 0.669. The number of allylic oxidation sites excluding steroid dienone is 2. The summed E-state index contributed by atoms with van der Waals surface area (Å²) in [7, 11) is 0. The van der Waals surface area contributed by atoms with Gasteiger partial charge in [-0.1, -0.05) is 17.2 Å². The van der Waals surface area contributed by atoms with Crippen LogP contribution in [0.3, 0.4) is 0 Å². The minimum atomic E-state index is -2.51. The number of alkyl halides is 2. The molecule has 0 N–H and O–H groups in total. The molecule has 0 spiro atoms. The SMILES string of the molecule is CC(C)=C(Cl)C(F)F. The van der Waals surface area contributed by atoms with Gasteiger partial charge in [-0.2, -0.15) is 0 Å². The Balaban J connectivity index is 4.00. The molecule has 0 heterocycles. The fourth-order valence-corrected chi connectivity index (χ4v) is 0.218. The second-order valence-electron chi connectivity index (χ2n) is 1.65. The van der Waals surface area contributed by atoms with Gasteiger partial charge in [0.2, 0.25) is 0 Å². The summed E-state index contributed by atoms with van der Waals surface area (Å²) >= 11 is 5.08. The van der Waals surface area contributed by atoms with Crippen LogP contribution in [-0.4, -0.2) is 6.43 Å². The molecule has 0 unspecified atom stereocenters. The zero-order valence-electron chi connectivity index (χ0n) is 4.71. The van der Waals surface area contributed by atoms with Crippen LogP contribution in [0.15, 0.2) is 10.6 Å². The van der Waals surface area contributed by atoms with Crippen molar-refractivity contribution in [3.05, 3.63) is 10.6 Å². The van der Waals surface area contributed by atoms with E-state index in [0.717, 1.165) is 0 Å². The van der Waals surface area contributed by atoms with Gasteiger partial charge in [-0.05, 0) is 13.8 Å². The lowest BCUT2D eigenvalue weighted by Crippen LogP contribution is -1.90. The Morgan fingerprint density at radius 1 is 1.38 bits per heavy atom. The van der Waals surface area contributed by atoms with Crippen LogP contribution in [0.5, 0.6) is 0 Å². The molecule has 0 amide bonds. The van der Waals surface area contributed by atoms with E-state index in [4.69, 9.17) is 11.6 Å². The molecule has 0 aromatic rings. The maximum absolute atomic E-state index is 11.5. The first-order valence-corrected chi connectivity index (χ1v) is 2.54. The third kappa shape index (κ3) is 2.26. The zero-order valence-corrected chi connectivity index (χ0v) is 5.47. The van der Waals surface area contributed by atoms with Gasteiger partial charge in [-0.15, -0.1) is 0 Å². The van der Waals surface area contributed by atoms with E-state index in [1.54, 1.807) is 13.8 Å². The summed E-state index contributed by atoms with van der Waals surface area (Å²) in [6.07, 6.45) is -2.51. The number of halogens is 3. The summed E-state index contributed by atoms with van der Waals surface area (Å²) in [5.41, 5.74) is 0.474. The second-order valence-corrected chi connectivity index (χ2v) is 2.06. The highest BCUT2D eigenvalue weighted by atomic mass is 35.5. The van der Waals surface area contributed by atoms with Crippen LogP contribution in [-0.2, 0) is 0 Å². The average molecular weight is 141 g/mol. The molecule has 0 bridgehead atoms. The van der Waals surface area contributed by atoms with E-state index in [1.165, 1.54) is 0 Å². The summed E-state index contributed by atoms with van der Waals surface area (Å²) < 4.78 is 23.0. The number of hydrogen-bond acceptors (Lipinski definition) is 0. The largest absolute Gasteiger partial charge is 0.274 e. The van der Waals surface area contributed by atoms with Crippen molar-refractivity contribution in [3.8, 4) is 0 Å². The van der Waals surface area contributed by atoms with Crippen molar-refractivity contribution in [1.82, 2.24) is 0 Å². The third-order valence-corrected chi connectivity index (χ3v) is 1.21. The summed E-state index contributed by atoms with van der Waals surface area (Å²) in [6, 6.07) is 0. The second kappa shape index (κ2) is 3.02.